The van der Waals surface area contributed by atoms with Gasteiger partial charge in [-0.1, -0.05) is 91.0 Å². The van der Waals surface area contributed by atoms with Crippen LogP contribution >= 0.6 is 0 Å². The number of benzene rings is 6. The van der Waals surface area contributed by atoms with E-state index in [2.05, 4.69) is 29.2 Å². The van der Waals surface area contributed by atoms with Crippen LogP contribution < -0.4 is 19.3 Å². The fraction of sp³-hybridized carbons (Fsp3) is 0. The van der Waals surface area contributed by atoms with Gasteiger partial charge in [-0.05, 0) is 60.7 Å². The van der Waals surface area contributed by atoms with Gasteiger partial charge in [-0.15, -0.1) is 0 Å². The number of rotatable bonds is 4. The van der Waals surface area contributed by atoms with Crippen molar-refractivity contribution in [2.75, 3.05) is 9.80 Å². The van der Waals surface area contributed by atoms with Gasteiger partial charge in [-0.2, -0.15) is 9.97 Å². The SMILES string of the molecule is c1ccc(-c2nc(-c3ccccc3N3c4ccccc4Oc4ccccc43)nc(N3c4ccccc4Oc4ccccc43)n2)cc1. The summed E-state index contributed by atoms with van der Waals surface area (Å²) in [5.74, 6) is 4.61. The van der Waals surface area contributed by atoms with Crippen LogP contribution in [0.4, 0.5) is 34.4 Å². The zero-order valence-electron chi connectivity index (χ0n) is 24.5. The molecule has 218 valence electrons. The summed E-state index contributed by atoms with van der Waals surface area (Å²) < 4.78 is 12.6. The summed E-state index contributed by atoms with van der Waals surface area (Å²) in [5, 5.41) is 0. The Hall–Kier alpha value is -6.47. The predicted molar refractivity (Wildman–Crippen MR) is 180 cm³/mol. The van der Waals surface area contributed by atoms with Crippen LogP contribution in [0, 0.1) is 0 Å². The number of aromatic nitrogens is 3. The molecular formula is C39H25N5O2. The van der Waals surface area contributed by atoms with Gasteiger partial charge in [0.25, 0.3) is 0 Å². The lowest BCUT2D eigenvalue weighted by Gasteiger charge is -2.34. The van der Waals surface area contributed by atoms with E-state index in [0.29, 0.717) is 17.6 Å². The molecule has 0 radical (unpaired) electrons. The van der Waals surface area contributed by atoms with Crippen molar-refractivity contribution in [3.63, 3.8) is 0 Å². The maximum atomic E-state index is 6.32. The lowest BCUT2D eigenvalue weighted by Crippen LogP contribution is -2.20. The summed E-state index contributed by atoms with van der Waals surface area (Å²) in [6, 6.07) is 50.2. The van der Waals surface area contributed by atoms with Gasteiger partial charge in [0.2, 0.25) is 5.95 Å². The largest absolute Gasteiger partial charge is 0.453 e. The number of para-hydroxylation sites is 9. The molecule has 0 unspecified atom stereocenters. The molecular weight excluding hydrogens is 570 g/mol. The van der Waals surface area contributed by atoms with Crippen LogP contribution in [0.15, 0.2) is 152 Å². The van der Waals surface area contributed by atoms with E-state index in [9.17, 15) is 0 Å². The van der Waals surface area contributed by atoms with Gasteiger partial charge >= 0.3 is 0 Å². The number of anilines is 6. The molecule has 2 aliphatic heterocycles. The van der Waals surface area contributed by atoms with Crippen molar-refractivity contribution >= 4 is 34.4 Å². The molecule has 2 aliphatic rings. The van der Waals surface area contributed by atoms with E-state index in [1.54, 1.807) is 0 Å². The van der Waals surface area contributed by atoms with Crippen molar-refractivity contribution in [2.45, 2.75) is 0 Å². The van der Waals surface area contributed by atoms with Crippen LogP contribution in [0.25, 0.3) is 22.8 Å². The lowest BCUT2D eigenvalue weighted by molar-refractivity contribution is 0.476. The van der Waals surface area contributed by atoms with Crippen molar-refractivity contribution in [1.82, 2.24) is 15.0 Å². The Morgan fingerprint density at radius 3 is 1.30 bits per heavy atom. The van der Waals surface area contributed by atoms with Gasteiger partial charge < -0.3 is 14.4 Å². The Morgan fingerprint density at radius 1 is 0.348 bits per heavy atom. The molecule has 0 saturated carbocycles. The van der Waals surface area contributed by atoms with Crippen LogP contribution in [0.5, 0.6) is 23.0 Å². The Kier molecular flexibility index (Phi) is 5.99. The van der Waals surface area contributed by atoms with Crippen molar-refractivity contribution in [3.05, 3.63) is 152 Å². The summed E-state index contributed by atoms with van der Waals surface area (Å²) in [6.45, 7) is 0. The van der Waals surface area contributed by atoms with Crippen LogP contribution in [-0.2, 0) is 0 Å². The van der Waals surface area contributed by atoms with Gasteiger partial charge in [0.1, 0.15) is 0 Å². The molecule has 0 atom stereocenters. The lowest BCUT2D eigenvalue weighted by atomic mass is 10.1. The van der Waals surface area contributed by atoms with Gasteiger partial charge in [-0.3, -0.25) is 4.90 Å². The second-order valence-electron chi connectivity index (χ2n) is 10.9. The second-order valence-corrected chi connectivity index (χ2v) is 10.9. The number of fused-ring (bicyclic) bond motifs is 4. The van der Waals surface area contributed by atoms with E-state index in [1.165, 1.54) is 0 Å². The Balaban J connectivity index is 1.29. The topological polar surface area (TPSA) is 63.6 Å². The highest BCUT2D eigenvalue weighted by molar-refractivity contribution is 5.92. The maximum Gasteiger partial charge on any atom is 0.239 e. The highest BCUT2D eigenvalue weighted by atomic mass is 16.5. The minimum atomic E-state index is 0.490. The summed E-state index contributed by atoms with van der Waals surface area (Å²) in [5.41, 5.74) is 6.23. The first-order valence-corrected chi connectivity index (χ1v) is 15.0. The third-order valence-electron chi connectivity index (χ3n) is 8.11. The Labute approximate surface area is 265 Å². The van der Waals surface area contributed by atoms with Crippen LogP contribution in [-0.4, -0.2) is 15.0 Å². The van der Waals surface area contributed by atoms with E-state index in [4.69, 9.17) is 24.4 Å². The Bertz CT molecular complexity index is 2160. The van der Waals surface area contributed by atoms with Gasteiger partial charge in [-0.25, -0.2) is 4.98 Å². The van der Waals surface area contributed by atoms with E-state index >= 15 is 0 Å². The van der Waals surface area contributed by atoms with Crippen molar-refractivity contribution in [1.29, 1.82) is 0 Å². The predicted octanol–water partition coefficient (Wildman–Crippen LogP) is 10.4. The van der Waals surface area contributed by atoms with Crippen LogP contribution in [0.3, 0.4) is 0 Å². The second kappa shape index (κ2) is 10.6. The van der Waals surface area contributed by atoms with Gasteiger partial charge in [0.05, 0.1) is 28.4 Å². The standard InChI is InChI=1S/C39H25N5O2/c1-2-14-26(15-3-1)37-40-38(42-39(41-37)44-31-20-8-12-24-35(31)46-36-25-13-9-21-32(36)44)27-16-4-5-17-28(27)43-29-18-6-10-22-33(29)45-34-23-11-7-19-30(34)43/h1-25H. The van der Waals surface area contributed by atoms with E-state index < -0.39 is 0 Å². The Morgan fingerprint density at radius 2 is 0.761 bits per heavy atom. The van der Waals surface area contributed by atoms with E-state index in [1.807, 2.05) is 132 Å². The zero-order chi connectivity index (χ0) is 30.5. The molecule has 0 N–H and O–H groups in total. The molecule has 7 aromatic rings. The molecule has 3 heterocycles. The first-order chi connectivity index (χ1) is 22.8. The first-order valence-electron chi connectivity index (χ1n) is 15.0. The smallest absolute Gasteiger partial charge is 0.239 e. The monoisotopic (exact) mass is 595 g/mol. The van der Waals surface area contributed by atoms with E-state index in [0.717, 1.165) is 62.6 Å². The minimum Gasteiger partial charge on any atom is -0.453 e. The molecule has 46 heavy (non-hydrogen) atoms. The van der Waals surface area contributed by atoms with E-state index in [-0.39, 0.29) is 0 Å². The highest BCUT2D eigenvalue weighted by Crippen LogP contribution is 2.53. The quantitative estimate of drug-likeness (QED) is 0.201. The molecule has 0 spiro atoms. The number of hydrogen-bond donors (Lipinski definition) is 0. The fourth-order valence-electron chi connectivity index (χ4n) is 6.04. The number of hydrogen-bond acceptors (Lipinski definition) is 7. The molecule has 0 bridgehead atoms. The molecule has 6 aromatic carbocycles. The van der Waals surface area contributed by atoms with Crippen LogP contribution in [0.2, 0.25) is 0 Å². The normalized spacial score (nSPS) is 12.6. The van der Waals surface area contributed by atoms with Gasteiger partial charge in [0, 0.05) is 11.1 Å². The first kappa shape index (κ1) is 26.0. The van der Waals surface area contributed by atoms with Crippen LogP contribution in [0.1, 0.15) is 0 Å². The molecule has 1 aromatic heterocycles. The zero-order valence-corrected chi connectivity index (χ0v) is 24.5. The highest BCUT2D eigenvalue weighted by Gasteiger charge is 2.31. The van der Waals surface area contributed by atoms with Gasteiger partial charge in [0.15, 0.2) is 34.6 Å². The summed E-state index contributed by atoms with van der Waals surface area (Å²) in [6.07, 6.45) is 0. The molecule has 7 heteroatoms. The third-order valence-corrected chi connectivity index (χ3v) is 8.11. The molecule has 0 fully saturated rings. The number of nitrogens with zero attached hydrogens (tertiary/aromatic N) is 5. The molecule has 0 saturated heterocycles. The molecule has 0 aliphatic carbocycles. The molecule has 9 rings (SSSR count). The molecule has 7 nitrogen and oxygen atoms in total. The van der Waals surface area contributed by atoms with Crippen molar-refractivity contribution < 1.29 is 9.47 Å². The van der Waals surface area contributed by atoms with Crippen molar-refractivity contribution in [3.8, 4) is 45.8 Å². The average molecular weight is 596 g/mol. The number of ether oxygens (including phenoxy) is 2. The summed E-state index contributed by atoms with van der Waals surface area (Å²) in [7, 11) is 0. The molecule has 0 amide bonds. The fourth-order valence-corrected chi connectivity index (χ4v) is 6.04. The summed E-state index contributed by atoms with van der Waals surface area (Å²) >= 11 is 0. The maximum absolute atomic E-state index is 6.32. The minimum absolute atomic E-state index is 0.490. The third kappa shape index (κ3) is 4.25. The van der Waals surface area contributed by atoms with Crippen molar-refractivity contribution in [2.24, 2.45) is 0 Å². The summed E-state index contributed by atoms with van der Waals surface area (Å²) in [4.78, 5) is 19.7. The average Bonchev–Trinajstić information content (AvgIpc) is 3.13.